The Morgan fingerprint density at radius 1 is 0.767 bits per heavy atom. The third-order valence-electron chi connectivity index (χ3n) is 6.89. The molecule has 0 heterocycles. The molecule has 30 heavy (non-hydrogen) atoms. The topological polar surface area (TPSA) is 0 Å². The van der Waals surface area contributed by atoms with E-state index >= 15 is 4.39 Å². The second-order valence-electron chi connectivity index (χ2n) is 8.81. The lowest BCUT2D eigenvalue weighted by molar-refractivity contribution is 0.304. The summed E-state index contributed by atoms with van der Waals surface area (Å²) in [4.78, 5) is 0. The van der Waals surface area contributed by atoms with E-state index < -0.39 is 0 Å². The average molecular weight is 401 g/mol. The minimum atomic E-state index is -0.0165. The summed E-state index contributed by atoms with van der Waals surface area (Å²) >= 11 is 0. The van der Waals surface area contributed by atoms with Gasteiger partial charge in [0.15, 0.2) is 0 Å². The van der Waals surface area contributed by atoms with Crippen molar-refractivity contribution in [1.82, 2.24) is 0 Å². The first-order valence-electron chi connectivity index (χ1n) is 11.7. The molecule has 4 rings (SSSR count). The first-order valence-corrected chi connectivity index (χ1v) is 11.7. The van der Waals surface area contributed by atoms with Crippen LogP contribution in [0.2, 0.25) is 0 Å². The van der Waals surface area contributed by atoms with Gasteiger partial charge in [0, 0.05) is 5.56 Å². The van der Waals surface area contributed by atoms with Crippen LogP contribution in [-0.4, -0.2) is 0 Å². The number of hydrogen-bond donors (Lipinski definition) is 0. The molecule has 0 saturated heterocycles. The summed E-state index contributed by atoms with van der Waals surface area (Å²) in [5, 5.41) is 0. The summed E-state index contributed by atoms with van der Waals surface area (Å²) in [5.41, 5.74) is 6.02. The summed E-state index contributed by atoms with van der Waals surface area (Å²) in [6, 6.07) is 22.9. The highest BCUT2D eigenvalue weighted by atomic mass is 19.1. The molecule has 0 atom stereocenters. The van der Waals surface area contributed by atoms with Gasteiger partial charge in [-0.15, -0.1) is 0 Å². The summed E-state index contributed by atoms with van der Waals surface area (Å²) in [6.07, 6.45) is 8.28. The third-order valence-corrected chi connectivity index (χ3v) is 6.89. The van der Waals surface area contributed by atoms with E-state index in [-0.39, 0.29) is 5.82 Å². The molecule has 0 bridgehead atoms. The van der Waals surface area contributed by atoms with Crippen molar-refractivity contribution in [2.75, 3.05) is 0 Å². The molecule has 0 spiro atoms. The smallest absolute Gasteiger partial charge is 0.135 e. The molecule has 3 aromatic carbocycles. The van der Waals surface area contributed by atoms with Crippen molar-refractivity contribution in [2.24, 2.45) is 5.92 Å². The average Bonchev–Trinajstić information content (AvgIpc) is 2.80. The van der Waals surface area contributed by atoms with Crippen LogP contribution in [0.4, 0.5) is 4.39 Å². The Kier molecular flexibility index (Phi) is 6.67. The highest BCUT2D eigenvalue weighted by molar-refractivity contribution is 5.84. The molecule has 156 valence electrons. The van der Waals surface area contributed by atoms with Crippen molar-refractivity contribution in [3.8, 4) is 22.3 Å². The van der Waals surface area contributed by atoms with Crippen LogP contribution in [0, 0.1) is 11.7 Å². The Bertz CT molecular complexity index is 948. The summed E-state index contributed by atoms with van der Waals surface area (Å²) in [7, 11) is 0. The van der Waals surface area contributed by atoms with E-state index in [2.05, 4.69) is 50.2 Å². The Morgan fingerprint density at radius 3 is 2.10 bits per heavy atom. The molecule has 0 radical (unpaired) electrons. The van der Waals surface area contributed by atoms with Crippen molar-refractivity contribution in [2.45, 2.75) is 64.7 Å². The van der Waals surface area contributed by atoms with E-state index in [0.717, 1.165) is 53.0 Å². The van der Waals surface area contributed by atoms with Crippen molar-refractivity contribution < 1.29 is 4.39 Å². The number of halogens is 1. The van der Waals surface area contributed by atoms with Crippen LogP contribution < -0.4 is 0 Å². The van der Waals surface area contributed by atoms with E-state index in [1.165, 1.54) is 31.2 Å². The van der Waals surface area contributed by atoms with E-state index in [9.17, 15) is 0 Å². The Morgan fingerprint density at radius 2 is 1.47 bits per heavy atom. The first-order chi connectivity index (χ1) is 14.7. The molecule has 3 aromatic rings. The van der Waals surface area contributed by atoms with Gasteiger partial charge in [0.25, 0.3) is 0 Å². The zero-order chi connectivity index (χ0) is 20.9. The van der Waals surface area contributed by atoms with E-state index in [1.54, 1.807) is 0 Å². The van der Waals surface area contributed by atoms with Gasteiger partial charge >= 0.3 is 0 Å². The molecule has 0 amide bonds. The van der Waals surface area contributed by atoms with Crippen molar-refractivity contribution in [1.29, 1.82) is 0 Å². The zero-order valence-electron chi connectivity index (χ0n) is 18.3. The molecule has 1 fully saturated rings. The van der Waals surface area contributed by atoms with Gasteiger partial charge in [0.2, 0.25) is 0 Å². The molecule has 0 N–H and O–H groups in total. The van der Waals surface area contributed by atoms with Crippen molar-refractivity contribution in [3.63, 3.8) is 0 Å². The first kappa shape index (κ1) is 20.8. The van der Waals surface area contributed by atoms with Gasteiger partial charge in [0.1, 0.15) is 5.82 Å². The zero-order valence-corrected chi connectivity index (χ0v) is 18.3. The molecule has 0 nitrogen and oxygen atoms in total. The molecule has 0 aromatic heterocycles. The largest absolute Gasteiger partial charge is 0.206 e. The van der Waals surface area contributed by atoms with Crippen LogP contribution in [0.15, 0.2) is 66.7 Å². The predicted octanol–water partition coefficient (Wildman–Crippen LogP) is 8.80. The maximum Gasteiger partial charge on any atom is 0.135 e. The minimum Gasteiger partial charge on any atom is -0.206 e. The molecular weight excluding hydrogens is 367 g/mol. The number of aryl methyl sites for hydroxylation is 1. The standard InChI is InChI=1S/C29H33F/c1-3-8-22-13-17-24(18-14-22)27-20-19-26(23-15-11-21(4-2)12-16-23)28(29(27)30)25-9-6-5-7-10-25/h5-7,9-12,15-16,19-20,22,24H,3-4,8,13-14,17-18H2,1-2H3. The van der Waals surface area contributed by atoms with Crippen LogP contribution in [0.3, 0.4) is 0 Å². The maximum absolute atomic E-state index is 16.1. The molecule has 0 aliphatic heterocycles. The Hall–Kier alpha value is -2.41. The van der Waals surface area contributed by atoms with E-state index in [1.807, 2.05) is 30.3 Å². The fourth-order valence-electron chi connectivity index (χ4n) is 5.13. The number of rotatable bonds is 6. The van der Waals surface area contributed by atoms with Crippen LogP contribution in [0.5, 0.6) is 0 Å². The van der Waals surface area contributed by atoms with Crippen LogP contribution in [-0.2, 0) is 6.42 Å². The minimum absolute atomic E-state index is 0.0165. The van der Waals surface area contributed by atoms with Crippen LogP contribution >= 0.6 is 0 Å². The second-order valence-corrected chi connectivity index (χ2v) is 8.81. The van der Waals surface area contributed by atoms with Crippen molar-refractivity contribution in [3.05, 3.63) is 83.7 Å². The predicted molar refractivity (Wildman–Crippen MR) is 126 cm³/mol. The fraction of sp³-hybridized carbons (Fsp3) is 0.379. The molecule has 1 saturated carbocycles. The monoisotopic (exact) mass is 400 g/mol. The lowest BCUT2D eigenvalue weighted by atomic mass is 9.76. The molecule has 1 heteroatoms. The van der Waals surface area contributed by atoms with Crippen molar-refractivity contribution >= 4 is 0 Å². The highest BCUT2D eigenvalue weighted by Gasteiger charge is 2.26. The third kappa shape index (κ3) is 4.36. The summed E-state index contributed by atoms with van der Waals surface area (Å²) in [5.74, 6) is 1.16. The Labute approximate surface area is 181 Å². The number of hydrogen-bond acceptors (Lipinski definition) is 0. The molecule has 1 aliphatic rings. The van der Waals surface area contributed by atoms with Crippen LogP contribution in [0.1, 0.15) is 69.4 Å². The lowest BCUT2D eigenvalue weighted by Crippen LogP contribution is -2.14. The Balaban J connectivity index is 1.74. The highest BCUT2D eigenvalue weighted by Crippen LogP contribution is 2.43. The quantitative estimate of drug-likeness (QED) is 0.388. The van der Waals surface area contributed by atoms with Gasteiger partial charge in [-0.2, -0.15) is 0 Å². The van der Waals surface area contributed by atoms with E-state index in [0.29, 0.717) is 5.92 Å². The van der Waals surface area contributed by atoms with E-state index in [4.69, 9.17) is 0 Å². The van der Waals surface area contributed by atoms with Gasteiger partial charge < -0.3 is 0 Å². The SMILES string of the molecule is CCCC1CCC(c2ccc(-c3ccc(CC)cc3)c(-c3ccccc3)c2F)CC1. The summed E-state index contributed by atoms with van der Waals surface area (Å²) in [6.45, 7) is 4.43. The second kappa shape index (κ2) is 9.60. The molecule has 1 aliphatic carbocycles. The lowest BCUT2D eigenvalue weighted by Gasteiger charge is -2.29. The maximum atomic E-state index is 16.1. The van der Waals surface area contributed by atoms with Gasteiger partial charge in [-0.25, -0.2) is 4.39 Å². The number of benzene rings is 3. The molecular formula is C29H33F. The fourth-order valence-corrected chi connectivity index (χ4v) is 5.13. The van der Waals surface area contributed by atoms with Gasteiger partial charge in [-0.05, 0) is 71.8 Å². The molecule has 0 unspecified atom stereocenters. The van der Waals surface area contributed by atoms with Gasteiger partial charge in [-0.1, -0.05) is 93.4 Å². The van der Waals surface area contributed by atoms with Crippen LogP contribution in [0.25, 0.3) is 22.3 Å². The normalized spacial score (nSPS) is 19.0. The van der Waals surface area contributed by atoms with Gasteiger partial charge in [-0.3, -0.25) is 0 Å². The van der Waals surface area contributed by atoms with Gasteiger partial charge in [0.05, 0.1) is 0 Å². The summed E-state index contributed by atoms with van der Waals surface area (Å²) < 4.78 is 16.1.